The summed E-state index contributed by atoms with van der Waals surface area (Å²) in [6.07, 6.45) is 9.29. The average Bonchev–Trinajstić information content (AvgIpc) is 3.24. The lowest BCUT2D eigenvalue weighted by atomic mass is 10.1. The summed E-state index contributed by atoms with van der Waals surface area (Å²) in [5.74, 6) is 0.425. The molecule has 1 heterocycles. The van der Waals surface area contributed by atoms with E-state index in [4.69, 9.17) is 10.5 Å². The molecule has 1 unspecified atom stereocenters. The number of unbranched alkanes of at least 4 members (excludes halogenated alkanes) is 5. The Morgan fingerprint density at radius 2 is 1.87 bits per heavy atom. The first kappa shape index (κ1) is 27.1. The molecular weight excluding hydrogens is 515 g/mol. The standard InChI is InChI=1S/C21H36N4O3S.HI/c1-2-3-4-5-6-7-14-23-21(22)24-16-18-10-12-20(13-11-18)29(26,27)25-17-19-9-8-15-28-19;/h10-13,19,25H,2-9,14-17H2,1H3,(H3,22,23,24);1H. The molecule has 4 N–H and O–H groups in total. The zero-order chi connectivity index (χ0) is 21.0. The molecule has 0 spiro atoms. The smallest absolute Gasteiger partial charge is 0.240 e. The summed E-state index contributed by atoms with van der Waals surface area (Å²) >= 11 is 0. The molecule has 0 radical (unpaired) electrons. The first-order valence-electron chi connectivity index (χ1n) is 10.8. The van der Waals surface area contributed by atoms with Crippen molar-refractivity contribution in [1.29, 1.82) is 0 Å². The molecule has 1 atom stereocenters. The molecule has 30 heavy (non-hydrogen) atoms. The molecule has 0 amide bonds. The zero-order valence-corrected chi connectivity index (χ0v) is 21.1. The predicted octanol–water partition coefficient (Wildman–Crippen LogP) is 3.53. The van der Waals surface area contributed by atoms with Gasteiger partial charge in [-0.05, 0) is 37.0 Å². The van der Waals surface area contributed by atoms with Crippen molar-refractivity contribution in [1.82, 2.24) is 10.0 Å². The topological polar surface area (TPSA) is 106 Å². The number of nitrogens with one attached hydrogen (secondary N) is 2. The first-order valence-corrected chi connectivity index (χ1v) is 12.2. The zero-order valence-electron chi connectivity index (χ0n) is 17.9. The van der Waals surface area contributed by atoms with Crippen molar-refractivity contribution in [3.63, 3.8) is 0 Å². The van der Waals surface area contributed by atoms with E-state index in [1.54, 1.807) is 24.3 Å². The highest BCUT2D eigenvalue weighted by molar-refractivity contribution is 14.0. The van der Waals surface area contributed by atoms with Gasteiger partial charge in [-0.15, -0.1) is 24.0 Å². The number of aliphatic imine (C=N–C) groups is 1. The van der Waals surface area contributed by atoms with Crippen LogP contribution in [-0.2, 0) is 21.3 Å². The maximum Gasteiger partial charge on any atom is 0.240 e. The van der Waals surface area contributed by atoms with Gasteiger partial charge in [0.2, 0.25) is 10.0 Å². The van der Waals surface area contributed by atoms with Crippen molar-refractivity contribution in [3.05, 3.63) is 29.8 Å². The molecule has 7 nitrogen and oxygen atoms in total. The molecule has 0 saturated carbocycles. The van der Waals surface area contributed by atoms with Crippen molar-refractivity contribution in [2.75, 3.05) is 19.7 Å². The quantitative estimate of drug-likeness (QED) is 0.150. The lowest BCUT2D eigenvalue weighted by Gasteiger charge is -2.11. The van der Waals surface area contributed by atoms with Crippen molar-refractivity contribution >= 4 is 40.0 Å². The number of ether oxygens (including phenoxy) is 1. The molecule has 1 saturated heterocycles. The minimum atomic E-state index is -3.52. The van der Waals surface area contributed by atoms with E-state index in [1.165, 1.54) is 32.1 Å². The number of rotatable bonds is 13. The highest BCUT2D eigenvalue weighted by Gasteiger charge is 2.20. The van der Waals surface area contributed by atoms with Crippen LogP contribution in [0.15, 0.2) is 34.2 Å². The summed E-state index contributed by atoms with van der Waals surface area (Å²) in [5, 5.41) is 3.13. The van der Waals surface area contributed by atoms with Crippen molar-refractivity contribution in [2.45, 2.75) is 75.8 Å². The van der Waals surface area contributed by atoms with E-state index in [2.05, 4.69) is 22.0 Å². The molecule has 2 rings (SSSR count). The third-order valence-electron chi connectivity index (χ3n) is 5.03. The SMILES string of the molecule is CCCCCCCCNC(N)=NCc1ccc(S(=O)(=O)NCC2CCCO2)cc1.I. The second kappa shape index (κ2) is 15.0. The summed E-state index contributed by atoms with van der Waals surface area (Å²) in [7, 11) is -3.52. The molecule has 1 fully saturated rings. The van der Waals surface area contributed by atoms with E-state index in [0.29, 0.717) is 25.7 Å². The van der Waals surface area contributed by atoms with Crippen LogP contribution in [0.2, 0.25) is 0 Å². The highest BCUT2D eigenvalue weighted by atomic mass is 127. The van der Waals surface area contributed by atoms with Crippen molar-refractivity contribution in [2.24, 2.45) is 10.7 Å². The fourth-order valence-electron chi connectivity index (χ4n) is 3.22. The van der Waals surface area contributed by atoms with E-state index >= 15 is 0 Å². The van der Waals surface area contributed by atoms with Crippen LogP contribution < -0.4 is 15.8 Å². The van der Waals surface area contributed by atoms with E-state index in [1.807, 2.05) is 0 Å². The molecule has 1 aromatic rings. The molecule has 1 aromatic carbocycles. The van der Waals surface area contributed by atoms with E-state index in [0.717, 1.165) is 31.4 Å². The van der Waals surface area contributed by atoms with Gasteiger partial charge in [0, 0.05) is 19.7 Å². The van der Waals surface area contributed by atoms with Gasteiger partial charge in [-0.25, -0.2) is 18.1 Å². The van der Waals surface area contributed by atoms with E-state index in [-0.39, 0.29) is 35.0 Å². The molecule has 0 aliphatic carbocycles. The lowest BCUT2D eigenvalue weighted by Crippen LogP contribution is -2.32. The van der Waals surface area contributed by atoms with Gasteiger partial charge in [-0.1, -0.05) is 51.2 Å². The van der Waals surface area contributed by atoms with Crippen LogP contribution in [-0.4, -0.2) is 40.2 Å². The fourth-order valence-corrected chi connectivity index (χ4v) is 4.29. The molecule has 0 bridgehead atoms. The van der Waals surface area contributed by atoms with Crippen LogP contribution in [0.5, 0.6) is 0 Å². The summed E-state index contributed by atoms with van der Waals surface area (Å²) in [6, 6.07) is 6.74. The van der Waals surface area contributed by atoms with E-state index in [9.17, 15) is 8.42 Å². The molecule has 1 aliphatic rings. The Kier molecular flexibility index (Phi) is 13.5. The number of benzene rings is 1. The Bertz CT molecular complexity index is 720. The maximum atomic E-state index is 12.4. The van der Waals surface area contributed by atoms with Crippen LogP contribution >= 0.6 is 24.0 Å². The second-order valence-corrected chi connectivity index (χ2v) is 9.29. The number of hydrogen-bond donors (Lipinski definition) is 3. The Morgan fingerprint density at radius 3 is 2.53 bits per heavy atom. The summed E-state index contributed by atoms with van der Waals surface area (Å²) < 4.78 is 32.8. The fraction of sp³-hybridized carbons (Fsp3) is 0.667. The Hall–Kier alpha value is -0.910. The third kappa shape index (κ3) is 10.4. The van der Waals surface area contributed by atoms with Gasteiger partial charge in [0.1, 0.15) is 0 Å². The molecule has 9 heteroatoms. The summed E-state index contributed by atoms with van der Waals surface area (Å²) in [6.45, 7) is 4.48. The van der Waals surface area contributed by atoms with Crippen LogP contribution in [0, 0.1) is 0 Å². The lowest BCUT2D eigenvalue weighted by molar-refractivity contribution is 0.114. The highest BCUT2D eigenvalue weighted by Crippen LogP contribution is 2.14. The van der Waals surface area contributed by atoms with E-state index < -0.39 is 10.0 Å². The monoisotopic (exact) mass is 552 g/mol. The molecule has 0 aromatic heterocycles. The minimum absolute atomic E-state index is 0. The Morgan fingerprint density at radius 1 is 1.17 bits per heavy atom. The van der Waals surface area contributed by atoms with Gasteiger partial charge in [-0.2, -0.15) is 0 Å². The number of halogens is 1. The number of nitrogens with two attached hydrogens (primary N) is 1. The molecular formula is C21H37IN4O3S. The van der Waals surface area contributed by atoms with Crippen molar-refractivity contribution in [3.8, 4) is 0 Å². The number of sulfonamides is 1. The first-order chi connectivity index (χ1) is 14.0. The van der Waals surface area contributed by atoms with Crippen LogP contribution in [0.1, 0.15) is 63.9 Å². The number of nitrogens with zero attached hydrogens (tertiary/aromatic N) is 1. The van der Waals surface area contributed by atoms with Gasteiger partial charge < -0.3 is 15.8 Å². The Labute approximate surface area is 198 Å². The third-order valence-corrected chi connectivity index (χ3v) is 6.47. The van der Waals surface area contributed by atoms with Gasteiger partial charge >= 0.3 is 0 Å². The molecule has 1 aliphatic heterocycles. The molecule has 172 valence electrons. The van der Waals surface area contributed by atoms with Crippen LogP contribution in [0.4, 0.5) is 0 Å². The normalized spacial score (nSPS) is 17.0. The van der Waals surface area contributed by atoms with Crippen LogP contribution in [0.25, 0.3) is 0 Å². The average molecular weight is 553 g/mol. The number of hydrogen-bond acceptors (Lipinski definition) is 4. The van der Waals surface area contributed by atoms with Gasteiger partial charge in [0.15, 0.2) is 5.96 Å². The predicted molar refractivity (Wildman–Crippen MR) is 133 cm³/mol. The Balaban J connectivity index is 0.00000450. The van der Waals surface area contributed by atoms with Crippen molar-refractivity contribution < 1.29 is 13.2 Å². The maximum absolute atomic E-state index is 12.4. The largest absolute Gasteiger partial charge is 0.377 e. The minimum Gasteiger partial charge on any atom is -0.377 e. The van der Waals surface area contributed by atoms with Gasteiger partial charge in [0.25, 0.3) is 0 Å². The summed E-state index contributed by atoms with van der Waals surface area (Å²) in [5.41, 5.74) is 6.81. The van der Waals surface area contributed by atoms with Gasteiger partial charge in [-0.3, -0.25) is 0 Å². The van der Waals surface area contributed by atoms with Crippen LogP contribution in [0.3, 0.4) is 0 Å². The number of guanidine groups is 1. The second-order valence-electron chi connectivity index (χ2n) is 7.53. The summed E-state index contributed by atoms with van der Waals surface area (Å²) in [4.78, 5) is 4.57. The van der Waals surface area contributed by atoms with Gasteiger partial charge in [0.05, 0.1) is 17.5 Å².